The number of hydrogen-bond donors (Lipinski definition) is 0. The molecule has 0 N–H and O–H groups in total. The lowest BCUT2D eigenvalue weighted by molar-refractivity contribution is 0.567. The van der Waals surface area contributed by atoms with Crippen molar-refractivity contribution in [2.75, 3.05) is 18.0 Å². The summed E-state index contributed by atoms with van der Waals surface area (Å²) in [4.78, 5) is 22.3. The smallest absolute Gasteiger partial charge is 0.282 e. The molecule has 33 heavy (non-hydrogen) atoms. The zero-order valence-corrected chi connectivity index (χ0v) is 19.5. The third-order valence-electron chi connectivity index (χ3n) is 6.66. The second-order valence-corrected chi connectivity index (χ2v) is 9.88. The SMILES string of the molecule is Cc1nn(-c2ccccc2)c(N2CCCCC2)c1/C=N/n1cnc2sc3c(c2c1=O)CCC3. The lowest BCUT2D eigenvalue weighted by Gasteiger charge is -2.29. The molecule has 1 saturated heterocycles. The highest BCUT2D eigenvalue weighted by Gasteiger charge is 2.24. The molecule has 1 aliphatic heterocycles. The first-order chi connectivity index (χ1) is 16.2. The molecule has 6 rings (SSSR count). The molecule has 0 saturated carbocycles. The van der Waals surface area contributed by atoms with Crippen LogP contribution >= 0.6 is 11.3 Å². The van der Waals surface area contributed by atoms with Crippen molar-refractivity contribution in [1.82, 2.24) is 19.4 Å². The van der Waals surface area contributed by atoms with Crippen molar-refractivity contribution in [3.05, 3.63) is 68.7 Å². The third kappa shape index (κ3) is 3.49. The molecule has 7 nitrogen and oxygen atoms in total. The van der Waals surface area contributed by atoms with Crippen molar-refractivity contribution in [3.63, 3.8) is 0 Å². The van der Waals surface area contributed by atoms with E-state index in [-0.39, 0.29) is 5.56 Å². The van der Waals surface area contributed by atoms with Gasteiger partial charge in [0.05, 0.1) is 28.5 Å². The predicted octanol–water partition coefficient (Wildman–Crippen LogP) is 4.31. The summed E-state index contributed by atoms with van der Waals surface area (Å²) >= 11 is 1.65. The summed E-state index contributed by atoms with van der Waals surface area (Å²) in [6, 6.07) is 10.2. The number of nitrogens with zero attached hydrogens (tertiary/aromatic N) is 6. The molecular formula is C25H26N6OS. The fourth-order valence-corrected chi connectivity index (χ4v) is 6.23. The van der Waals surface area contributed by atoms with Crippen LogP contribution in [0, 0.1) is 6.92 Å². The molecule has 0 atom stereocenters. The Hall–Kier alpha value is -3.26. The van der Waals surface area contributed by atoms with Crippen molar-refractivity contribution in [2.45, 2.75) is 45.4 Å². The number of hydrogen-bond acceptors (Lipinski definition) is 6. The quantitative estimate of drug-likeness (QED) is 0.427. The van der Waals surface area contributed by atoms with Crippen LogP contribution in [0.25, 0.3) is 15.9 Å². The van der Waals surface area contributed by atoms with Gasteiger partial charge in [0.1, 0.15) is 17.0 Å². The Labute approximate surface area is 196 Å². The van der Waals surface area contributed by atoms with Crippen molar-refractivity contribution >= 4 is 33.6 Å². The van der Waals surface area contributed by atoms with Crippen LogP contribution in [0.1, 0.15) is 47.4 Å². The summed E-state index contributed by atoms with van der Waals surface area (Å²) < 4.78 is 3.39. The van der Waals surface area contributed by atoms with E-state index in [1.54, 1.807) is 23.9 Å². The van der Waals surface area contributed by atoms with E-state index in [9.17, 15) is 4.79 Å². The van der Waals surface area contributed by atoms with Gasteiger partial charge in [0, 0.05) is 18.0 Å². The maximum absolute atomic E-state index is 13.3. The average Bonchev–Trinajstić information content (AvgIpc) is 3.53. The van der Waals surface area contributed by atoms with Gasteiger partial charge in [-0.1, -0.05) is 18.2 Å². The second-order valence-electron chi connectivity index (χ2n) is 8.79. The summed E-state index contributed by atoms with van der Waals surface area (Å²) in [6.07, 6.45) is 10.0. The third-order valence-corrected chi connectivity index (χ3v) is 7.86. The molecule has 1 fully saturated rings. The normalized spacial score (nSPS) is 16.2. The number of anilines is 1. The van der Waals surface area contributed by atoms with Crippen LogP contribution in [0.4, 0.5) is 5.82 Å². The van der Waals surface area contributed by atoms with Gasteiger partial charge in [-0.2, -0.15) is 14.9 Å². The van der Waals surface area contributed by atoms with Gasteiger partial charge in [-0.3, -0.25) is 4.79 Å². The van der Waals surface area contributed by atoms with Crippen molar-refractivity contribution in [2.24, 2.45) is 5.10 Å². The molecule has 1 aromatic carbocycles. The molecule has 3 aromatic heterocycles. The van der Waals surface area contributed by atoms with Crippen LogP contribution < -0.4 is 10.5 Å². The monoisotopic (exact) mass is 458 g/mol. The number of aryl methyl sites for hydroxylation is 3. The molecule has 8 heteroatoms. The molecule has 0 amide bonds. The molecule has 2 aliphatic rings. The maximum Gasteiger partial charge on any atom is 0.282 e. The number of benzene rings is 1. The van der Waals surface area contributed by atoms with Gasteiger partial charge >= 0.3 is 0 Å². The van der Waals surface area contributed by atoms with Gasteiger partial charge in [-0.25, -0.2) is 9.67 Å². The lowest BCUT2D eigenvalue weighted by atomic mass is 10.1. The first-order valence-electron chi connectivity index (χ1n) is 11.7. The molecule has 4 heterocycles. The van der Waals surface area contributed by atoms with Crippen LogP contribution in [-0.4, -0.2) is 38.7 Å². The largest absolute Gasteiger partial charge is 0.356 e. The number of aromatic nitrogens is 4. The van der Waals surface area contributed by atoms with E-state index in [0.29, 0.717) is 0 Å². The Morgan fingerprint density at radius 3 is 2.70 bits per heavy atom. The lowest BCUT2D eigenvalue weighted by Crippen LogP contribution is -2.32. The van der Waals surface area contributed by atoms with E-state index in [1.807, 2.05) is 29.8 Å². The van der Waals surface area contributed by atoms with Gasteiger partial charge in [0.2, 0.25) is 0 Å². The Morgan fingerprint density at radius 2 is 1.88 bits per heavy atom. The first-order valence-corrected chi connectivity index (χ1v) is 12.5. The van der Waals surface area contributed by atoms with E-state index in [2.05, 4.69) is 27.1 Å². The maximum atomic E-state index is 13.3. The van der Waals surface area contributed by atoms with E-state index in [4.69, 9.17) is 5.10 Å². The minimum atomic E-state index is -0.0803. The Morgan fingerprint density at radius 1 is 1.06 bits per heavy atom. The van der Waals surface area contributed by atoms with E-state index in [1.165, 1.54) is 34.4 Å². The zero-order valence-electron chi connectivity index (χ0n) is 18.7. The Kier molecular flexibility index (Phi) is 5.10. The fourth-order valence-electron chi connectivity index (χ4n) is 5.02. The van der Waals surface area contributed by atoms with Crippen LogP contribution in [-0.2, 0) is 12.8 Å². The fraction of sp³-hybridized carbons (Fsp3) is 0.360. The number of thiophene rings is 1. The minimum Gasteiger partial charge on any atom is -0.356 e. The summed E-state index contributed by atoms with van der Waals surface area (Å²) in [5, 5.41) is 10.2. The summed E-state index contributed by atoms with van der Waals surface area (Å²) in [5.41, 5.74) is 3.96. The highest BCUT2D eigenvalue weighted by Crippen LogP contribution is 2.34. The van der Waals surface area contributed by atoms with Crippen molar-refractivity contribution in [1.29, 1.82) is 0 Å². The Bertz CT molecular complexity index is 1410. The standard InChI is InChI=1S/C25H26N6OS/c1-17-20(15-27-30-16-26-23-22(25(30)32)19-11-8-12-21(19)33-23)24(29-13-6-3-7-14-29)31(28-17)18-9-4-2-5-10-18/h2,4-5,9-10,15-16H,3,6-8,11-14H2,1H3/b27-15+. The van der Waals surface area contributed by atoms with E-state index >= 15 is 0 Å². The van der Waals surface area contributed by atoms with Gasteiger partial charge in [0.25, 0.3) is 5.56 Å². The highest BCUT2D eigenvalue weighted by atomic mass is 32.1. The highest BCUT2D eigenvalue weighted by molar-refractivity contribution is 7.18. The van der Waals surface area contributed by atoms with Crippen LogP contribution in [0.3, 0.4) is 0 Å². The summed E-state index contributed by atoms with van der Waals surface area (Å²) in [6.45, 7) is 3.99. The molecule has 0 spiro atoms. The van der Waals surface area contributed by atoms with Crippen molar-refractivity contribution in [3.8, 4) is 5.69 Å². The molecule has 0 radical (unpaired) electrons. The minimum absolute atomic E-state index is 0.0803. The van der Waals surface area contributed by atoms with Crippen LogP contribution in [0.15, 0.2) is 46.6 Å². The van der Waals surface area contributed by atoms with Crippen LogP contribution in [0.2, 0.25) is 0 Å². The second kappa shape index (κ2) is 8.26. The molecular weight excluding hydrogens is 432 g/mol. The van der Waals surface area contributed by atoms with E-state index in [0.717, 1.165) is 65.3 Å². The zero-order chi connectivity index (χ0) is 22.4. The number of para-hydroxylation sites is 1. The average molecular weight is 459 g/mol. The molecule has 1 aliphatic carbocycles. The summed E-state index contributed by atoms with van der Waals surface area (Å²) in [5.74, 6) is 1.04. The molecule has 0 bridgehead atoms. The molecule has 168 valence electrons. The number of rotatable bonds is 4. The van der Waals surface area contributed by atoms with Gasteiger partial charge in [-0.05, 0) is 63.1 Å². The first kappa shape index (κ1) is 20.4. The topological polar surface area (TPSA) is 68.3 Å². The van der Waals surface area contributed by atoms with Gasteiger partial charge < -0.3 is 4.90 Å². The Balaban J connectivity index is 1.45. The predicted molar refractivity (Wildman–Crippen MR) is 133 cm³/mol. The number of fused-ring (bicyclic) bond motifs is 3. The molecule has 0 unspecified atom stereocenters. The van der Waals surface area contributed by atoms with Crippen LogP contribution in [0.5, 0.6) is 0 Å². The van der Waals surface area contributed by atoms with Crippen molar-refractivity contribution < 1.29 is 0 Å². The molecule has 4 aromatic rings. The van der Waals surface area contributed by atoms with Gasteiger partial charge in [0.15, 0.2) is 0 Å². The van der Waals surface area contributed by atoms with Gasteiger partial charge in [-0.15, -0.1) is 11.3 Å². The number of piperidine rings is 1. The van der Waals surface area contributed by atoms with E-state index < -0.39 is 0 Å². The summed E-state index contributed by atoms with van der Waals surface area (Å²) in [7, 11) is 0.